The summed E-state index contributed by atoms with van der Waals surface area (Å²) in [5, 5.41) is 18.4. The first-order valence-corrected chi connectivity index (χ1v) is 6.63. The summed E-state index contributed by atoms with van der Waals surface area (Å²) in [5.41, 5.74) is 4.08. The Morgan fingerprint density at radius 3 is 2.00 bits per heavy atom. The van der Waals surface area contributed by atoms with E-state index in [0.717, 1.165) is 16.7 Å². The number of hydrogen-bond donors (Lipinski definition) is 2. The smallest absolute Gasteiger partial charge is 0.311 e. The van der Waals surface area contributed by atoms with Gasteiger partial charge < -0.3 is 10.2 Å². The standard InChI is InChI=1S/C16H24O3/c1-10-8-12(16(3,4)5)9-11(2)14(10)13(6-7-17)15(18)19/h8-9,13,17H,6-7H2,1-5H3,(H,18,19). The van der Waals surface area contributed by atoms with Crippen LogP contribution in [0.15, 0.2) is 12.1 Å². The Bertz CT molecular complexity index is 446. The van der Waals surface area contributed by atoms with Crippen LogP contribution in [-0.2, 0) is 10.2 Å². The molecule has 0 amide bonds. The lowest BCUT2D eigenvalue weighted by atomic mass is 9.81. The monoisotopic (exact) mass is 264 g/mol. The molecule has 0 aliphatic rings. The summed E-state index contributed by atoms with van der Waals surface area (Å²) >= 11 is 0. The summed E-state index contributed by atoms with van der Waals surface area (Å²) in [4.78, 5) is 11.4. The molecule has 0 saturated carbocycles. The number of carboxylic acids is 1. The van der Waals surface area contributed by atoms with E-state index >= 15 is 0 Å². The van der Waals surface area contributed by atoms with Crippen molar-refractivity contribution in [1.82, 2.24) is 0 Å². The van der Waals surface area contributed by atoms with Gasteiger partial charge in [0.05, 0.1) is 5.92 Å². The van der Waals surface area contributed by atoms with Gasteiger partial charge in [-0.2, -0.15) is 0 Å². The molecule has 2 N–H and O–H groups in total. The fraction of sp³-hybridized carbons (Fsp3) is 0.562. The first kappa shape index (κ1) is 15.7. The SMILES string of the molecule is Cc1cc(C(C)(C)C)cc(C)c1C(CCO)C(=O)O. The summed E-state index contributed by atoms with van der Waals surface area (Å²) in [6.45, 7) is 10.2. The van der Waals surface area contributed by atoms with Gasteiger partial charge in [0, 0.05) is 6.61 Å². The molecule has 0 bridgehead atoms. The highest BCUT2D eigenvalue weighted by Gasteiger charge is 2.25. The van der Waals surface area contributed by atoms with Gasteiger partial charge in [-0.25, -0.2) is 0 Å². The normalized spacial score (nSPS) is 13.4. The van der Waals surface area contributed by atoms with Crippen LogP contribution in [0.2, 0.25) is 0 Å². The molecular formula is C16H24O3. The topological polar surface area (TPSA) is 57.5 Å². The highest BCUT2D eigenvalue weighted by molar-refractivity contribution is 5.77. The quantitative estimate of drug-likeness (QED) is 0.878. The molecule has 1 aromatic rings. The summed E-state index contributed by atoms with van der Waals surface area (Å²) in [5.74, 6) is -1.50. The van der Waals surface area contributed by atoms with Gasteiger partial charge in [0.1, 0.15) is 0 Å². The number of rotatable bonds is 4. The Balaban J connectivity index is 3.34. The Labute approximate surface area is 115 Å². The highest BCUT2D eigenvalue weighted by Crippen LogP contribution is 2.32. The summed E-state index contributed by atoms with van der Waals surface area (Å²) in [6.07, 6.45) is 0.256. The van der Waals surface area contributed by atoms with Crippen molar-refractivity contribution in [2.75, 3.05) is 6.61 Å². The Morgan fingerprint density at radius 2 is 1.68 bits per heavy atom. The van der Waals surface area contributed by atoms with E-state index in [-0.39, 0.29) is 18.4 Å². The van der Waals surface area contributed by atoms with E-state index in [2.05, 4.69) is 32.9 Å². The molecule has 3 nitrogen and oxygen atoms in total. The van der Waals surface area contributed by atoms with Gasteiger partial charge in [0.25, 0.3) is 0 Å². The number of benzene rings is 1. The second-order valence-corrected chi connectivity index (χ2v) is 6.18. The van der Waals surface area contributed by atoms with Crippen molar-refractivity contribution in [2.45, 2.75) is 52.4 Å². The zero-order chi connectivity index (χ0) is 14.8. The lowest BCUT2D eigenvalue weighted by Gasteiger charge is -2.24. The van der Waals surface area contributed by atoms with Crippen molar-refractivity contribution in [3.8, 4) is 0 Å². The molecule has 0 aromatic heterocycles. The van der Waals surface area contributed by atoms with Gasteiger partial charge in [-0.1, -0.05) is 32.9 Å². The number of aliphatic carboxylic acids is 1. The zero-order valence-corrected chi connectivity index (χ0v) is 12.4. The molecule has 0 spiro atoms. The van der Waals surface area contributed by atoms with Crippen molar-refractivity contribution in [3.63, 3.8) is 0 Å². The van der Waals surface area contributed by atoms with Crippen LogP contribution >= 0.6 is 0 Å². The summed E-state index contributed by atoms with van der Waals surface area (Å²) in [7, 11) is 0. The Kier molecular flexibility index (Phi) is 4.75. The maximum Gasteiger partial charge on any atom is 0.311 e. The van der Waals surface area contributed by atoms with Crippen LogP contribution in [0.4, 0.5) is 0 Å². The van der Waals surface area contributed by atoms with Crippen LogP contribution in [0.25, 0.3) is 0 Å². The third kappa shape index (κ3) is 3.57. The van der Waals surface area contributed by atoms with E-state index in [1.165, 1.54) is 5.56 Å². The first-order valence-electron chi connectivity index (χ1n) is 6.63. The molecule has 1 atom stereocenters. The van der Waals surface area contributed by atoms with Crippen molar-refractivity contribution >= 4 is 5.97 Å². The van der Waals surface area contributed by atoms with Crippen LogP contribution < -0.4 is 0 Å². The molecular weight excluding hydrogens is 240 g/mol. The molecule has 3 heteroatoms. The lowest BCUT2D eigenvalue weighted by molar-refractivity contribution is -0.139. The molecule has 0 saturated heterocycles. The second kappa shape index (κ2) is 5.74. The predicted octanol–water partition coefficient (Wildman–Crippen LogP) is 3.15. The Hall–Kier alpha value is -1.35. The van der Waals surface area contributed by atoms with Crippen LogP contribution in [-0.4, -0.2) is 22.8 Å². The summed E-state index contributed by atoms with van der Waals surface area (Å²) < 4.78 is 0. The second-order valence-electron chi connectivity index (χ2n) is 6.18. The van der Waals surface area contributed by atoms with E-state index in [1.54, 1.807) is 0 Å². The van der Waals surface area contributed by atoms with Crippen molar-refractivity contribution < 1.29 is 15.0 Å². The van der Waals surface area contributed by atoms with E-state index in [0.29, 0.717) is 0 Å². The fourth-order valence-electron chi connectivity index (χ4n) is 2.48. The number of carboxylic acid groups (broad SMARTS) is 1. The van der Waals surface area contributed by atoms with E-state index in [1.807, 2.05) is 13.8 Å². The molecule has 0 radical (unpaired) electrons. The van der Waals surface area contributed by atoms with Gasteiger partial charge in [-0.05, 0) is 47.9 Å². The minimum absolute atomic E-state index is 0.0454. The minimum atomic E-state index is -0.872. The number of aryl methyl sites for hydroxylation is 2. The fourth-order valence-corrected chi connectivity index (χ4v) is 2.48. The molecule has 0 aliphatic carbocycles. The molecule has 1 unspecified atom stereocenters. The number of aliphatic hydroxyl groups excluding tert-OH is 1. The molecule has 0 fully saturated rings. The molecule has 19 heavy (non-hydrogen) atoms. The maximum absolute atomic E-state index is 11.4. The third-order valence-electron chi connectivity index (χ3n) is 3.52. The van der Waals surface area contributed by atoms with Gasteiger partial charge in [0.15, 0.2) is 0 Å². The largest absolute Gasteiger partial charge is 0.481 e. The van der Waals surface area contributed by atoms with E-state index in [4.69, 9.17) is 5.11 Å². The molecule has 1 aromatic carbocycles. The average molecular weight is 264 g/mol. The lowest BCUT2D eigenvalue weighted by Crippen LogP contribution is -2.18. The van der Waals surface area contributed by atoms with E-state index < -0.39 is 11.9 Å². The van der Waals surface area contributed by atoms with Crippen LogP contribution in [0.1, 0.15) is 55.4 Å². The Morgan fingerprint density at radius 1 is 1.21 bits per heavy atom. The van der Waals surface area contributed by atoms with Crippen LogP contribution in [0, 0.1) is 13.8 Å². The third-order valence-corrected chi connectivity index (χ3v) is 3.52. The van der Waals surface area contributed by atoms with Crippen molar-refractivity contribution in [1.29, 1.82) is 0 Å². The van der Waals surface area contributed by atoms with Gasteiger partial charge in [-0.3, -0.25) is 4.79 Å². The average Bonchev–Trinajstić information content (AvgIpc) is 2.25. The zero-order valence-electron chi connectivity index (χ0n) is 12.4. The van der Waals surface area contributed by atoms with Crippen LogP contribution in [0.3, 0.4) is 0 Å². The van der Waals surface area contributed by atoms with Crippen molar-refractivity contribution in [2.24, 2.45) is 0 Å². The minimum Gasteiger partial charge on any atom is -0.481 e. The molecule has 106 valence electrons. The van der Waals surface area contributed by atoms with Crippen LogP contribution in [0.5, 0.6) is 0 Å². The molecule has 1 rings (SSSR count). The summed E-state index contributed by atoms with van der Waals surface area (Å²) in [6, 6.07) is 4.13. The molecule has 0 heterocycles. The van der Waals surface area contributed by atoms with Gasteiger partial charge in [0.2, 0.25) is 0 Å². The molecule has 0 aliphatic heterocycles. The van der Waals surface area contributed by atoms with E-state index in [9.17, 15) is 9.90 Å². The number of carbonyl (C=O) groups is 1. The number of hydrogen-bond acceptors (Lipinski definition) is 2. The van der Waals surface area contributed by atoms with Gasteiger partial charge in [-0.15, -0.1) is 0 Å². The van der Waals surface area contributed by atoms with Gasteiger partial charge >= 0.3 is 5.97 Å². The van der Waals surface area contributed by atoms with Crippen molar-refractivity contribution in [3.05, 3.63) is 34.4 Å². The highest BCUT2D eigenvalue weighted by atomic mass is 16.4. The maximum atomic E-state index is 11.4. The predicted molar refractivity (Wildman–Crippen MR) is 76.7 cm³/mol. The first-order chi connectivity index (χ1) is 8.68. The number of aliphatic hydroxyl groups is 1.